The number of carbonyl (C=O) groups excluding carboxylic acids is 1. The van der Waals surface area contributed by atoms with Crippen LogP contribution in [0.1, 0.15) is 26.4 Å². The van der Waals surface area contributed by atoms with Gasteiger partial charge < -0.3 is 10.6 Å². The van der Waals surface area contributed by atoms with Crippen molar-refractivity contribution in [2.75, 3.05) is 7.05 Å². The number of nitrogens with zero attached hydrogens (tertiary/aromatic N) is 1. The zero-order valence-corrected chi connectivity index (χ0v) is 15.2. The lowest BCUT2D eigenvalue weighted by atomic mass is 10.1. The Morgan fingerprint density at radius 3 is 2.76 bits per heavy atom. The Morgan fingerprint density at radius 1 is 1.12 bits per heavy atom. The molecule has 2 aromatic carbocycles. The summed E-state index contributed by atoms with van der Waals surface area (Å²) in [4.78, 5) is 17.4. The van der Waals surface area contributed by atoms with E-state index in [0.29, 0.717) is 12.1 Å². The molecule has 2 N–H and O–H groups in total. The maximum atomic E-state index is 11.7. The molecule has 1 heterocycles. The van der Waals surface area contributed by atoms with E-state index < -0.39 is 0 Å². The first-order valence-corrected chi connectivity index (χ1v) is 9.01. The van der Waals surface area contributed by atoms with Crippen LogP contribution in [0.2, 0.25) is 0 Å². The van der Waals surface area contributed by atoms with Gasteiger partial charge in [-0.3, -0.25) is 4.79 Å². The van der Waals surface area contributed by atoms with Crippen molar-refractivity contribution in [2.24, 2.45) is 0 Å². The Kier molecular flexibility index (Phi) is 5.58. The van der Waals surface area contributed by atoms with Crippen molar-refractivity contribution in [3.8, 4) is 10.6 Å². The highest BCUT2D eigenvalue weighted by Crippen LogP contribution is 2.27. The molecule has 4 nitrogen and oxygen atoms in total. The van der Waals surface area contributed by atoms with Gasteiger partial charge in [0.25, 0.3) is 5.91 Å². The van der Waals surface area contributed by atoms with E-state index in [9.17, 15) is 4.79 Å². The molecule has 128 valence electrons. The lowest BCUT2D eigenvalue weighted by molar-refractivity contribution is 0.0963. The first-order chi connectivity index (χ1) is 12.2. The Bertz CT molecular complexity index is 873. The number of aryl methyl sites for hydroxylation is 1. The smallest absolute Gasteiger partial charge is 0.251 e. The van der Waals surface area contributed by atoms with E-state index in [0.717, 1.165) is 17.1 Å². The Hall–Kier alpha value is -2.50. The van der Waals surface area contributed by atoms with Gasteiger partial charge in [-0.05, 0) is 30.2 Å². The summed E-state index contributed by atoms with van der Waals surface area (Å²) < 4.78 is 0. The minimum atomic E-state index is -0.0628. The third kappa shape index (κ3) is 4.32. The fourth-order valence-electron chi connectivity index (χ4n) is 2.62. The standard InChI is InChI=1S/C20H21N3OS/c1-14-6-3-4-9-18(14)20-23-13-17(25-20)12-22-11-15-7-5-8-16(10-15)19(24)21-2/h3-10,13,22H,11-12H2,1-2H3,(H,21,24). The van der Waals surface area contributed by atoms with Crippen LogP contribution in [0, 0.1) is 6.92 Å². The molecule has 0 saturated carbocycles. The van der Waals surface area contributed by atoms with Crippen LogP contribution < -0.4 is 10.6 Å². The van der Waals surface area contributed by atoms with Crippen LogP contribution in [0.4, 0.5) is 0 Å². The van der Waals surface area contributed by atoms with Crippen molar-refractivity contribution in [1.29, 1.82) is 0 Å². The highest BCUT2D eigenvalue weighted by Gasteiger charge is 2.07. The van der Waals surface area contributed by atoms with Gasteiger partial charge in [0.05, 0.1) is 0 Å². The SMILES string of the molecule is CNC(=O)c1cccc(CNCc2cnc(-c3ccccc3C)s2)c1. The molecule has 0 aliphatic heterocycles. The Balaban J connectivity index is 1.60. The molecule has 0 atom stereocenters. The van der Waals surface area contributed by atoms with Crippen molar-refractivity contribution in [1.82, 2.24) is 15.6 Å². The summed E-state index contributed by atoms with van der Waals surface area (Å²) in [6.45, 7) is 3.57. The van der Waals surface area contributed by atoms with E-state index in [1.54, 1.807) is 18.4 Å². The van der Waals surface area contributed by atoms with Gasteiger partial charge in [0, 0.05) is 42.3 Å². The number of nitrogens with one attached hydrogen (secondary N) is 2. The van der Waals surface area contributed by atoms with E-state index in [-0.39, 0.29) is 5.91 Å². The number of carbonyl (C=O) groups is 1. The molecule has 0 fully saturated rings. The third-order valence-electron chi connectivity index (χ3n) is 3.97. The molecule has 5 heteroatoms. The number of benzene rings is 2. The first kappa shape index (κ1) is 17.3. The molecular weight excluding hydrogens is 330 g/mol. The maximum absolute atomic E-state index is 11.7. The highest BCUT2D eigenvalue weighted by molar-refractivity contribution is 7.15. The van der Waals surface area contributed by atoms with Crippen molar-refractivity contribution >= 4 is 17.2 Å². The lowest BCUT2D eigenvalue weighted by Gasteiger charge is -2.05. The van der Waals surface area contributed by atoms with Gasteiger partial charge in [-0.1, -0.05) is 36.4 Å². The van der Waals surface area contributed by atoms with E-state index in [4.69, 9.17) is 0 Å². The summed E-state index contributed by atoms with van der Waals surface area (Å²) in [5.74, 6) is -0.0628. The predicted octanol–water partition coefficient (Wildman–Crippen LogP) is 3.77. The zero-order chi connectivity index (χ0) is 17.6. The monoisotopic (exact) mass is 351 g/mol. The molecule has 3 rings (SSSR count). The average molecular weight is 351 g/mol. The van der Waals surface area contributed by atoms with Gasteiger partial charge in [-0.15, -0.1) is 11.3 Å². The number of hydrogen-bond donors (Lipinski definition) is 2. The summed E-state index contributed by atoms with van der Waals surface area (Å²) in [5.41, 5.74) is 4.20. The number of thiazole rings is 1. The molecule has 0 radical (unpaired) electrons. The predicted molar refractivity (Wildman–Crippen MR) is 103 cm³/mol. The summed E-state index contributed by atoms with van der Waals surface area (Å²) in [6, 6.07) is 16.0. The van der Waals surface area contributed by atoms with E-state index in [2.05, 4.69) is 34.7 Å². The molecule has 0 aliphatic rings. The quantitative estimate of drug-likeness (QED) is 0.711. The van der Waals surface area contributed by atoms with Gasteiger partial charge in [-0.25, -0.2) is 4.98 Å². The summed E-state index contributed by atoms with van der Waals surface area (Å²) >= 11 is 1.71. The maximum Gasteiger partial charge on any atom is 0.251 e. The second-order valence-corrected chi connectivity index (χ2v) is 6.94. The van der Waals surface area contributed by atoms with Gasteiger partial charge in [0.2, 0.25) is 0 Å². The van der Waals surface area contributed by atoms with Crippen molar-refractivity contribution in [3.63, 3.8) is 0 Å². The lowest BCUT2D eigenvalue weighted by Crippen LogP contribution is -2.18. The van der Waals surface area contributed by atoms with Gasteiger partial charge in [0.15, 0.2) is 0 Å². The fraction of sp³-hybridized carbons (Fsp3) is 0.200. The second kappa shape index (κ2) is 8.05. The number of aromatic nitrogens is 1. The molecule has 0 bridgehead atoms. The summed E-state index contributed by atoms with van der Waals surface area (Å²) in [5, 5.41) is 7.12. The molecule has 1 amide bonds. The molecule has 0 spiro atoms. The number of amides is 1. The molecule has 1 aromatic heterocycles. The summed E-state index contributed by atoms with van der Waals surface area (Å²) in [7, 11) is 1.64. The van der Waals surface area contributed by atoms with Crippen LogP contribution in [-0.2, 0) is 13.1 Å². The minimum absolute atomic E-state index is 0.0628. The van der Waals surface area contributed by atoms with Crippen molar-refractivity contribution in [3.05, 3.63) is 76.3 Å². The van der Waals surface area contributed by atoms with E-state index >= 15 is 0 Å². The molecular formula is C20H21N3OS. The Morgan fingerprint density at radius 2 is 1.96 bits per heavy atom. The Labute approximate surface area is 151 Å². The van der Waals surface area contributed by atoms with Crippen LogP contribution in [0.15, 0.2) is 54.7 Å². The average Bonchev–Trinajstić information content (AvgIpc) is 3.10. The molecule has 25 heavy (non-hydrogen) atoms. The van der Waals surface area contributed by atoms with E-state index in [1.165, 1.54) is 16.0 Å². The number of hydrogen-bond acceptors (Lipinski definition) is 4. The molecule has 3 aromatic rings. The van der Waals surface area contributed by atoms with Crippen LogP contribution in [-0.4, -0.2) is 17.9 Å². The number of rotatable bonds is 6. The van der Waals surface area contributed by atoms with Crippen molar-refractivity contribution < 1.29 is 4.79 Å². The summed E-state index contributed by atoms with van der Waals surface area (Å²) in [6.07, 6.45) is 1.93. The van der Waals surface area contributed by atoms with Crippen LogP contribution in [0.25, 0.3) is 10.6 Å². The van der Waals surface area contributed by atoms with Gasteiger partial charge >= 0.3 is 0 Å². The van der Waals surface area contributed by atoms with E-state index in [1.807, 2.05) is 42.6 Å². The second-order valence-electron chi connectivity index (χ2n) is 5.83. The largest absolute Gasteiger partial charge is 0.355 e. The third-order valence-corrected chi connectivity index (χ3v) is 5.00. The highest BCUT2D eigenvalue weighted by atomic mass is 32.1. The fourth-order valence-corrected chi connectivity index (χ4v) is 3.60. The van der Waals surface area contributed by atoms with Gasteiger partial charge in [0.1, 0.15) is 5.01 Å². The van der Waals surface area contributed by atoms with Crippen molar-refractivity contribution in [2.45, 2.75) is 20.0 Å². The van der Waals surface area contributed by atoms with Gasteiger partial charge in [-0.2, -0.15) is 0 Å². The topological polar surface area (TPSA) is 54.0 Å². The molecule has 0 unspecified atom stereocenters. The molecule has 0 aliphatic carbocycles. The van der Waals surface area contributed by atoms with Crippen LogP contribution in [0.3, 0.4) is 0 Å². The molecule has 0 saturated heterocycles. The van der Waals surface area contributed by atoms with Crippen LogP contribution in [0.5, 0.6) is 0 Å². The first-order valence-electron chi connectivity index (χ1n) is 8.20. The zero-order valence-electron chi connectivity index (χ0n) is 14.4. The van der Waals surface area contributed by atoms with Crippen LogP contribution >= 0.6 is 11.3 Å². The minimum Gasteiger partial charge on any atom is -0.355 e. The normalized spacial score (nSPS) is 10.6.